The van der Waals surface area contributed by atoms with Gasteiger partial charge in [-0.2, -0.15) is 16.6 Å². The van der Waals surface area contributed by atoms with Crippen molar-refractivity contribution in [2.75, 3.05) is 4.90 Å². The van der Waals surface area contributed by atoms with E-state index in [0.29, 0.717) is 17.8 Å². The molecule has 4 rings (SSSR count). The summed E-state index contributed by atoms with van der Waals surface area (Å²) >= 11 is 1.57. The summed E-state index contributed by atoms with van der Waals surface area (Å²) in [5, 5.41) is 14.0. The summed E-state index contributed by atoms with van der Waals surface area (Å²) in [4.78, 5) is 15.2. The van der Waals surface area contributed by atoms with E-state index >= 15 is 0 Å². The fourth-order valence-electron chi connectivity index (χ4n) is 4.27. The first-order valence-corrected chi connectivity index (χ1v) is 10.3. The molecule has 0 saturated heterocycles. The monoisotopic (exact) mass is 389 g/mol. The molecule has 0 bridgehead atoms. The summed E-state index contributed by atoms with van der Waals surface area (Å²) in [6, 6.07) is 12.3. The summed E-state index contributed by atoms with van der Waals surface area (Å²) in [6.45, 7) is 6.26. The van der Waals surface area contributed by atoms with Crippen LogP contribution in [0.2, 0.25) is 0 Å². The molecule has 0 amide bonds. The van der Waals surface area contributed by atoms with E-state index in [9.17, 15) is 10.1 Å². The number of hydrogen-bond acceptors (Lipinski definition) is 5. The Balaban J connectivity index is 1.99. The van der Waals surface area contributed by atoms with Gasteiger partial charge in [-0.3, -0.25) is 9.69 Å². The van der Waals surface area contributed by atoms with Crippen molar-refractivity contribution in [1.29, 1.82) is 5.26 Å². The standard InChI is InChI=1S/C23H23N3OS/c1-14-4-6-16(7-5-14)26-18-10-23(2,3)11-19(27)21(18)20(15-8-9-28-13-15)17(12-24)22(26)25/h4-9,13,20H,10-11,25H2,1-3H3/t20-/m1/s1. The van der Waals surface area contributed by atoms with Crippen LogP contribution in [0.1, 0.15) is 43.7 Å². The van der Waals surface area contributed by atoms with Crippen LogP contribution < -0.4 is 10.6 Å². The molecular weight excluding hydrogens is 366 g/mol. The molecule has 142 valence electrons. The number of Topliss-reactive ketones (excluding diaryl/α,β-unsaturated/α-hetero) is 1. The van der Waals surface area contributed by atoms with Gasteiger partial charge in [0.1, 0.15) is 5.82 Å². The number of nitriles is 1. The van der Waals surface area contributed by atoms with Gasteiger partial charge >= 0.3 is 0 Å². The number of allylic oxidation sites excluding steroid dienone is 3. The molecule has 0 spiro atoms. The van der Waals surface area contributed by atoms with Crippen LogP contribution in [0.4, 0.5) is 5.69 Å². The van der Waals surface area contributed by atoms with Crippen LogP contribution in [0.15, 0.2) is 63.8 Å². The maximum Gasteiger partial charge on any atom is 0.162 e. The van der Waals surface area contributed by atoms with Gasteiger partial charge in [-0.1, -0.05) is 31.5 Å². The van der Waals surface area contributed by atoms with Crippen molar-refractivity contribution >= 4 is 22.8 Å². The van der Waals surface area contributed by atoms with Gasteiger partial charge in [0.15, 0.2) is 5.78 Å². The van der Waals surface area contributed by atoms with Crippen molar-refractivity contribution in [2.24, 2.45) is 11.1 Å². The zero-order valence-electron chi connectivity index (χ0n) is 16.3. The average molecular weight is 390 g/mol. The third-order valence-electron chi connectivity index (χ3n) is 5.55. The molecule has 2 aliphatic rings. The molecule has 1 atom stereocenters. The van der Waals surface area contributed by atoms with Crippen molar-refractivity contribution in [3.8, 4) is 6.07 Å². The topological polar surface area (TPSA) is 70.1 Å². The number of carbonyl (C=O) groups is 1. The molecule has 1 aliphatic heterocycles. The van der Waals surface area contributed by atoms with E-state index < -0.39 is 0 Å². The number of nitrogens with two attached hydrogens (primary N) is 1. The van der Waals surface area contributed by atoms with E-state index in [2.05, 4.69) is 19.9 Å². The van der Waals surface area contributed by atoms with Crippen LogP contribution in [-0.2, 0) is 4.79 Å². The molecule has 2 heterocycles. The smallest absolute Gasteiger partial charge is 0.162 e. The quantitative estimate of drug-likeness (QED) is 0.785. The zero-order chi connectivity index (χ0) is 20.1. The highest BCUT2D eigenvalue weighted by molar-refractivity contribution is 7.08. The number of anilines is 1. The second-order valence-corrected chi connectivity index (χ2v) is 9.15. The minimum Gasteiger partial charge on any atom is -0.384 e. The molecule has 28 heavy (non-hydrogen) atoms. The molecule has 4 nitrogen and oxygen atoms in total. The number of ketones is 1. The number of thiophene rings is 1. The largest absolute Gasteiger partial charge is 0.384 e. The first-order chi connectivity index (χ1) is 13.3. The van der Waals surface area contributed by atoms with Crippen LogP contribution in [0.25, 0.3) is 0 Å². The van der Waals surface area contributed by atoms with Gasteiger partial charge in [0.05, 0.1) is 17.6 Å². The molecule has 5 heteroatoms. The number of aryl methyl sites for hydroxylation is 1. The van der Waals surface area contributed by atoms with Crippen LogP contribution >= 0.6 is 11.3 Å². The Kier molecular flexibility index (Phi) is 4.40. The maximum absolute atomic E-state index is 13.3. The van der Waals surface area contributed by atoms with Crippen LogP contribution in [0.3, 0.4) is 0 Å². The maximum atomic E-state index is 13.3. The van der Waals surface area contributed by atoms with Gasteiger partial charge in [-0.15, -0.1) is 0 Å². The summed E-state index contributed by atoms with van der Waals surface area (Å²) in [5.41, 5.74) is 11.5. The van der Waals surface area contributed by atoms with Crippen LogP contribution in [0, 0.1) is 23.7 Å². The molecule has 1 aromatic carbocycles. The summed E-state index contributed by atoms with van der Waals surface area (Å²) in [7, 11) is 0. The highest BCUT2D eigenvalue weighted by atomic mass is 32.1. The lowest BCUT2D eigenvalue weighted by atomic mass is 9.69. The molecule has 2 aromatic rings. The number of hydrogen-bond donors (Lipinski definition) is 1. The number of rotatable bonds is 2. The minimum atomic E-state index is -0.378. The van der Waals surface area contributed by atoms with Crippen molar-refractivity contribution in [3.63, 3.8) is 0 Å². The second-order valence-electron chi connectivity index (χ2n) is 8.37. The number of nitrogens with zero attached hydrogens (tertiary/aromatic N) is 2. The fraction of sp³-hybridized carbons (Fsp3) is 0.304. The summed E-state index contributed by atoms with van der Waals surface area (Å²) < 4.78 is 0. The molecule has 0 unspecified atom stereocenters. The Morgan fingerprint density at radius 2 is 1.93 bits per heavy atom. The van der Waals surface area contributed by atoms with Gasteiger partial charge < -0.3 is 5.73 Å². The molecule has 0 fully saturated rings. The molecule has 0 saturated carbocycles. The molecular formula is C23H23N3OS. The lowest BCUT2D eigenvalue weighted by Gasteiger charge is -2.43. The molecule has 1 aromatic heterocycles. The van der Waals surface area contributed by atoms with E-state index in [4.69, 9.17) is 5.73 Å². The Labute approximate surface area is 169 Å². The Morgan fingerprint density at radius 3 is 2.54 bits per heavy atom. The van der Waals surface area contributed by atoms with E-state index in [1.807, 2.05) is 52.9 Å². The average Bonchev–Trinajstić information content (AvgIpc) is 3.15. The molecule has 2 N–H and O–H groups in total. The Bertz CT molecular complexity index is 1040. The predicted molar refractivity (Wildman–Crippen MR) is 113 cm³/mol. The lowest BCUT2D eigenvalue weighted by molar-refractivity contribution is -0.118. The molecule has 0 radical (unpaired) electrons. The van der Waals surface area contributed by atoms with Gasteiger partial charge in [0.2, 0.25) is 0 Å². The SMILES string of the molecule is Cc1ccc(N2C(N)=C(C#N)[C@@H](c3ccsc3)C3=C2CC(C)(C)CC3=O)cc1. The molecule has 1 aliphatic carbocycles. The highest BCUT2D eigenvalue weighted by Crippen LogP contribution is 2.50. The second kappa shape index (κ2) is 6.65. The van der Waals surface area contributed by atoms with Crippen LogP contribution in [0.5, 0.6) is 0 Å². The Morgan fingerprint density at radius 1 is 1.21 bits per heavy atom. The van der Waals surface area contributed by atoms with E-state index in [0.717, 1.165) is 34.5 Å². The first-order valence-electron chi connectivity index (χ1n) is 9.37. The normalized spacial score (nSPS) is 21.6. The fourth-order valence-corrected chi connectivity index (χ4v) is 4.96. The lowest BCUT2D eigenvalue weighted by Crippen LogP contribution is -2.42. The predicted octanol–water partition coefficient (Wildman–Crippen LogP) is 5.00. The summed E-state index contributed by atoms with van der Waals surface area (Å²) in [5.74, 6) is 0.156. The summed E-state index contributed by atoms with van der Waals surface area (Å²) in [6.07, 6.45) is 1.22. The minimum absolute atomic E-state index is 0.111. The van der Waals surface area contributed by atoms with Crippen LogP contribution in [-0.4, -0.2) is 5.78 Å². The third kappa shape index (κ3) is 2.94. The van der Waals surface area contributed by atoms with Gasteiger partial charge in [0.25, 0.3) is 0 Å². The van der Waals surface area contributed by atoms with Gasteiger partial charge in [0, 0.05) is 23.4 Å². The van der Waals surface area contributed by atoms with Gasteiger partial charge in [-0.25, -0.2) is 0 Å². The van der Waals surface area contributed by atoms with E-state index in [1.165, 1.54) is 0 Å². The van der Waals surface area contributed by atoms with E-state index in [-0.39, 0.29) is 17.1 Å². The van der Waals surface area contributed by atoms with Crippen molar-refractivity contribution in [2.45, 2.75) is 39.5 Å². The van der Waals surface area contributed by atoms with Crippen molar-refractivity contribution in [3.05, 3.63) is 74.9 Å². The van der Waals surface area contributed by atoms with Gasteiger partial charge in [-0.05, 0) is 53.3 Å². The third-order valence-corrected chi connectivity index (χ3v) is 6.25. The number of benzene rings is 1. The zero-order valence-corrected chi connectivity index (χ0v) is 17.1. The van der Waals surface area contributed by atoms with Crippen molar-refractivity contribution in [1.82, 2.24) is 0 Å². The number of carbonyl (C=O) groups excluding carboxylic acids is 1. The van der Waals surface area contributed by atoms with Crippen molar-refractivity contribution < 1.29 is 4.79 Å². The van der Waals surface area contributed by atoms with E-state index in [1.54, 1.807) is 11.3 Å². The first kappa shape index (κ1) is 18.5. The Hall–Kier alpha value is -2.84. The highest BCUT2D eigenvalue weighted by Gasteiger charge is 2.44.